The maximum atomic E-state index is 7.58. The van der Waals surface area contributed by atoms with E-state index in [-0.39, 0.29) is 10.8 Å². The first-order valence-electron chi connectivity index (χ1n) is 32.6. The molecule has 0 fully saturated rings. The second-order valence-electron chi connectivity index (χ2n) is 27.7. The fourth-order valence-electron chi connectivity index (χ4n) is 15.6. The van der Waals surface area contributed by atoms with Crippen LogP contribution in [-0.4, -0.2) is 9.97 Å². The van der Waals surface area contributed by atoms with E-state index in [2.05, 4.69) is 302 Å². The maximum Gasteiger partial charge on any atom is 0.145 e. The minimum atomic E-state index is -0.864. The van der Waals surface area contributed by atoms with Crippen LogP contribution < -0.4 is 9.80 Å². The van der Waals surface area contributed by atoms with Crippen molar-refractivity contribution in [2.75, 3.05) is 9.80 Å². The summed E-state index contributed by atoms with van der Waals surface area (Å²) in [4.78, 5) is 15.6. The van der Waals surface area contributed by atoms with E-state index in [0.29, 0.717) is 0 Å². The summed E-state index contributed by atoms with van der Waals surface area (Å²) in [6.45, 7) is 17.8. The summed E-state index contributed by atoms with van der Waals surface area (Å²) < 4.78 is 21.4. The van der Waals surface area contributed by atoms with Crippen molar-refractivity contribution in [1.29, 1.82) is 0 Å². The topological polar surface area (TPSA) is 71.7 Å². The zero-order valence-electron chi connectivity index (χ0n) is 53.8. The molecule has 0 N–H and O–H groups in total. The number of furan rings is 3. The van der Waals surface area contributed by atoms with Gasteiger partial charge in [0.25, 0.3) is 0 Å². The van der Waals surface area contributed by atoms with Crippen molar-refractivity contribution in [3.63, 3.8) is 0 Å². The summed E-state index contributed by atoms with van der Waals surface area (Å²) in [5, 5.41) is 6.28. The van der Waals surface area contributed by atoms with E-state index in [1.54, 1.807) is 0 Å². The van der Waals surface area contributed by atoms with Crippen LogP contribution in [0.3, 0.4) is 0 Å². The molecule has 7 nitrogen and oxygen atoms in total. The lowest BCUT2D eigenvalue weighted by Gasteiger charge is -2.34. The van der Waals surface area contributed by atoms with E-state index >= 15 is 0 Å². The maximum absolute atomic E-state index is 7.58. The van der Waals surface area contributed by atoms with Gasteiger partial charge < -0.3 is 18.2 Å². The summed E-state index contributed by atoms with van der Waals surface area (Å²) in [6, 6.07) is 88.7. The highest BCUT2D eigenvalue weighted by Gasteiger charge is 2.53. The number of para-hydroxylation sites is 5. The molecule has 94 heavy (non-hydrogen) atoms. The zero-order chi connectivity index (χ0) is 63.5. The molecule has 7 heteroatoms. The molecule has 16 aromatic rings. The molecular weight excluding hydrogens is 1150 g/mol. The van der Waals surface area contributed by atoms with Crippen LogP contribution in [0.15, 0.2) is 268 Å². The highest BCUT2D eigenvalue weighted by Crippen LogP contribution is 2.66. The largest absolute Gasteiger partial charge is 0.455 e. The van der Waals surface area contributed by atoms with E-state index in [9.17, 15) is 0 Å². The normalized spacial score (nSPS) is 13.2. The average Bonchev–Trinajstić information content (AvgIpc) is 1.49. The fourth-order valence-corrected chi connectivity index (χ4v) is 15.6. The molecule has 5 aromatic heterocycles. The molecule has 0 bridgehead atoms. The molecule has 0 atom stereocenters. The number of benzene rings is 11. The van der Waals surface area contributed by atoms with Gasteiger partial charge in [0.1, 0.15) is 39.3 Å². The van der Waals surface area contributed by atoms with Crippen LogP contribution in [0, 0.1) is 13.8 Å². The Kier molecular flexibility index (Phi) is 12.0. The number of anilines is 6. The average molecular weight is 1220 g/mol. The molecule has 5 heterocycles. The van der Waals surface area contributed by atoms with Gasteiger partial charge in [-0.3, -0.25) is 9.88 Å². The van der Waals surface area contributed by atoms with E-state index < -0.39 is 5.41 Å². The Morgan fingerprint density at radius 2 is 0.830 bits per heavy atom. The van der Waals surface area contributed by atoms with Gasteiger partial charge in [-0.1, -0.05) is 211 Å². The van der Waals surface area contributed by atoms with Crippen LogP contribution in [0.1, 0.15) is 86.2 Å². The lowest BCUT2D eigenvalue weighted by atomic mass is 9.70. The summed E-state index contributed by atoms with van der Waals surface area (Å²) >= 11 is 0. The number of aromatic nitrogens is 2. The van der Waals surface area contributed by atoms with Gasteiger partial charge in [0, 0.05) is 83.7 Å². The number of pyridine rings is 2. The van der Waals surface area contributed by atoms with E-state index in [1.165, 1.54) is 33.4 Å². The van der Waals surface area contributed by atoms with Crippen LogP contribution in [0.4, 0.5) is 34.3 Å². The Morgan fingerprint density at radius 3 is 1.43 bits per heavy atom. The van der Waals surface area contributed by atoms with Crippen molar-refractivity contribution in [3.05, 3.63) is 300 Å². The molecule has 2 aliphatic carbocycles. The molecule has 0 radical (unpaired) electrons. The van der Waals surface area contributed by atoms with Crippen molar-refractivity contribution in [2.24, 2.45) is 0 Å². The minimum absolute atomic E-state index is 0.0716. The second kappa shape index (κ2) is 20.4. The number of hydrogen-bond acceptors (Lipinski definition) is 7. The van der Waals surface area contributed by atoms with Crippen LogP contribution >= 0.6 is 0 Å². The number of nitrogens with zero attached hydrogens (tertiary/aromatic N) is 4. The molecule has 0 amide bonds. The lowest BCUT2D eigenvalue weighted by Crippen LogP contribution is -2.26. The quantitative estimate of drug-likeness (QED) is 0.150. The summed E-state index contributed by atoms with van der Waals surface area (Å²) in [7, 11) is 0. The van der Waals surface area contributed by atoms with Gasteiger partial charge in [-0.25, -0.2) is 4.98 Å². The van der Waals surface area contributed by atoms with Crippen molar-refractivity contribution >= 4 is 100 Å². The van der Waals surface area contributed by atoms with Crippen molar-refractivity contribution in [1.82, 2.24) is 9.97 Å². The van der Waals surface area contributed by atoms with Gasteiger partial charge in [-0.2, -0.15) is 0 Å². The number of aryl methyl sites for hydroxylation is 2. The molecule has 0 unspecified atom stereocenters. The van der Waals surface area contributed by atoms with Crippen LogP contribution in [0.5, 0.6) is 0 Å². The number of rotatable bonds is 8. The SMILES string of the molecule is Cc1cnc(N(c2ccc(C(C)(C)C)cc2)c2cc3c(c4oc5ccccc5c24)-c2ccc(N(c4ccc(C(C)(C)C)cc4)c4cnc(C)cc4-c4cccc5c4oc4ccccc45)cc2C32c3ccccc3-c3ccccc32)c(-c2cccc3c2oc2ccccc23)c1. The third kappa shape index (κ3) is 8.16. The molecule has 0 aliphatic heterocycles. The Morgan fingerprint density at radius 1 is 0.340 bits per heavy atom. The summed E-state index contributed by atoms with van der Waals surface area (Å²) in [5.74, 6) is 0.765. The second-order valence-corrected chi connectivity index (χ2v) is 27.7. The molecule has 0 saturated heterocycles. The Labute approximate surface area is 545 Å². The highest BCUT2D eigenvalue weighted by molar-refractivity contribution is 6.21. The van der Waals surface area contributed by atoms with Crippen molar-refractivity contribution < 1.29 is 13.3 Å². The molecule has 0 saturated carbocycles. The minimum Gasteiger partial charge on any atom is -0.455 e. The third-order valence-corrected chi connectivity index (χ3v) is 20.0. The molecule has 1 spiro atoms. The van der Waals surface area contributed by atoms with Crippen LogP contribution in [0.25, 0.3) is 110 Å². The van der Waals surface area contributed by atoms with Crippen LogP contribution in [-0.2, 0) is 16.2 Å². The third-order valence-electron chi connectivity index (χ3n) is 20.0. The predicted molar refractivity (Wildman–Crippen MR) is 387 cm³/mol. The Bertz CT molecular complexity index is 5760. The van der Waals surface area contributed by atoms with Gasteiger partial charge in [-0.15, -0.1) is 0 Å². The van der Waals surface area contributed by atoms with Crippen molar-refractivity contribution in [3.8, 4) is 44.5 Å². The Hall–Kier alpha value is -11.3. The molecule has 2 aliphatic rings. The van der Waals surface area contributed by atoms with Crippen LogP contribution in [0.2, 0.25) is 0 Å². The Balaban J connectivity index is 0.944. The van der Waals surface area contributed by atoms with Gasteiger partial charge >= 0.3 is 0 Å². The monoisotopic (exact) mass is 1210 g/mol. The molecular formula is C87H66N4O3. The number of fused-ring (bicyclic) bond motifs is 20. The first kappa shape index (κ1) is 55.6. The van der Waals surface area contributed by atoms with E-state index in [1.807, 2.05) is 18.3 Å². The molecule has 452 valence electrons. The van der Waals surface area contributed by atoms with Gasteiger partial charge in [0.15, 0.2) is 0 Å². The van der Waals surface area contributed by atoms with Gasteiger partial charge in [0.2, 0.25) is 0 Å². The fraction of sp³-hybridized carbons (Fsp3) is 0.126. The van der Waals surface area contributed by atoms with E-state index in [4.69, 9.17) is 23.2 Å². The summed E-state index contributed by atoms with van der Waals surface area (Å²) in [6.07, 6.45) is 4.06. The van der Waals surface area contributed by atoms with Gasteiger partial charge in [0.05, 0.1) is 28.4 Å². The standard InChI is InChI=1S/C87H66N4O3/c1-51-45-69(65-29-20-27-63-61-24-12-17-33-77(61)93-82(63)65)84(89-49-51)91(56-41-37-54(38-42-56)86(6,7)8)74-48-73-79(83-80(74)67-25-13-18-34-78(67)94-83)66-44-43-57(47-72(66)87(73)70-30-14-9-21-58(70)59-22-10-15-31-71(59)87)90(55-39-35-53(36-40-55)85(3,4)5)75-50-88-52(2)46-68(75)64-28-19-26-62-60-23-11-16-32-76(60)92-81(62)64/h9-50H,1-8H3. The first-order chi connectivity index (χ1) is 45.7. The smallest absolute Gasteiger partial charge is 0.145 e. The molecule has 11 aromatic carbocycles. The van der Waals surface area contributed by atoms with Gasteiger partial charge in [-0.05, 0) is 153 Å². The number of hydrogen-bond donors (Lipinski definition) is 0. The lowest BCUT2D eigenvalue weighted by molar-refractivity contribution is 0.590. The predicted octanol–water partition coefficient (Wildman–Crippen LogP) is 24.0. The van der Waals surface area contributed by atoms with E-state index in [0.717, 1.165) is 156 Å². The molecule has 18 rings (SSSR count). The summed E-state index contributed by atoms with van der Waals surface area (Å²) in [5.41, 5.74) is 26.3. The zero-order valence-corrected chi connectivity index (χ0v) is 53.8. The highest BCUT2D eigenvalue weighted by atomic mass is 16.3. The van der Waals surface area contributed by atoms with Crippen molar-refractivity contribution in [2.45, 2.75) is 71.6 Å². The first-order valence-corrected chi connectivity index (χ1v) is 32.6.